The van der Waals surface area contributed by atoms with Crippen molar-refractivity contribution in [3.63, 3.8) is 0 Å². The van der Waals surface area contributed by atoms with Crippen LogP contribution in [0.1, 0.15) is 12.1 Å². The molecule has 7 heteroatoms. The summed E-state index contributed by atoms with van der Waals surface area (Å²) < 4.78 is 1.79. The van der Waals surface area contributed by atoms with Gasteiger partial charge in [0.05, 0.1) is 5.69 Å². The average molecular weight is 282 g/mol. The lowest BCUT2D eigenvalue weighted by Crippen LogP contribution is -2.53. The Hall–Kier alpha value is -1.02. The predicted molar refractivity (Wildman–Crippen MR) is 77.3 cm³/mol. The number of rotatable bonds is 7. The highest BCUT2D eigenvalue weighted by Crippen LogP contribution is 2.05. The molecule has 0 amide bonds. The molecule has 114 valence electrons. The van der Waals surface area contributed by atoms with E-state index in [2.05, 4.69) is 39.5 Å². The molecule has 1 aromatic rings. The number of aryl methyl sites for hydroxylation is 1. The Morgan fingerprint density at radius 1 is 1.40 bits per heavy atom. The van der Waals surface area contributed by atoms with Gasteiger partial charge < -0.3 is 15.3 Å². The first kappa shape index (κ1) is 15.4. The van der Waals surface area contributed by atoms with Crippen molar-refractivity contribution in [2.75, 3.05) is 46.9 Å². The molecule has 2 N–H and O–H groups in total. The minimum absolute atomic E-state index is 0.189. The summed E-state index contributed by atoms with van der Waals surface area (Å²) in [6.07, 6.45) is 2.66. The normalized spacial score (nSPS) is 21.4. The first-order valence-electron chi connectivity index (χ1n) is 7.28. The van der Waals surface area contributed by atoms with E-state index < -0.39 is 0 Å². The molecule has 1 atom stereocenters. The van der Waals surface area contributed by atoms with Crippen LogP contribution in [0.4, 0.5) is 0 Å². The highest BCUT2D eigenvalue weighted by atomic mass is 16.3. The Balaban J connectivity index is 1.70. The zero-order valence-electron chi connectivity index (χ0n) is 12.5. The number of likely N-dealkylation sites (N-methyl/N-ethyl adjacent to an activating group) is 2. The van der Waals surface area contributed by atoms with Crippen LogP contribution in [0.15, 0.2) is 6.20 Å². The van der Waals surface area contributed by atoms with Crippen molar-refractivity contribution < 1.29 is 5.11 Å². The first-order valence-corrected chi connectivity index (χ1v) is 7.28. The summed E-state index contributed by atoms with van der Waals surface area (Å²) in [5.74, 6) is 0. The fourth-order valence-corrected chi connectivity index (χ4v) is 2.45. The van der Waals surface area contributed by atoms with Crippen LogP contribution >= 0.6 is 0 Å². The summed E-state index contributed by atoms with van der Waals surface area (Å²) in [7, 11) is 4.36. The zero-order chi connectivity index (χ0) is 14.4. The molecule has 7 nitrogen and oxygen atoms in total. The van der Waals surface area contributed by atoms with Crippen LogP contribution in [-0.2, 0) is 13.1 Å². The molecule has 1 saturated heterocycles. The van der Waals surface area contributed by atoms with Crippen LogP contribution in [0, 0.1) is 0 Å². The molecule has 2 heterocycles. The smallest absolute Gasteiger partial charge is 0.0964 e. The molecule has 0 aliphatic carbocycles. The number of nitrogens with one attached hydrogen (secondary N) is 1. The summed E-state index contributed by atoms with van der Waals surface area (Å²) in [4.78, 5) is 4.78. The predicted octanol–water partition coefficient (Wildman–Crippen LogP) is -1.00. The van der Waals surface area contributed by atoms with Crippen LogP contribution < -0.4 is 5.32 Å². The number of aliphatic hydroxyl groups excluding tert-OH is 1. The second-order valence-corrected chi connectivity index (χ2v) is 5.58. The maximum Gasteiger partial charge on any atom is 0.0964 e. The van der Waals surface area contributed by atoms with E-state index in [1.165, 1.54) is 0 Å². The SMILES string of the molecule is CN1CCN(C)C(CNCc2cn(CCCO)nn2)C1. The molecule has 1 aliphatic heterocycles. The molecule has 0 radical (unpaired) electrons. The molecule has 0 saturated carbocycles. The van der Waals surface area contributed by atoms with Gasteiger partial charge in [0.2, 0.25) is 0 Å². The van der Waals surface area contributed by atoms with E-state index in [0.717, 1.165) is 51.4 Å². The van der Waals surface area contributed by atoms with Crippen molar-refractivity contribution in [2.24, 2.45) is 0 Å². The van der Waals surface area contributed by atoms with Crippen molar-refractivity contribution in [3.05, 3.63) is 11.9 Å². The quantitative estimate of drug-likeness (QED) is 0.668. The molecule has 0 spiro atoms. The van der Waals surface area contributed by atoms with E-state index in [1.54, 1.807) is 4.68 Å². The second-order valence-electron chi connectivity index (χ2n) is 5.58. The van der Waals surface area contributed by atoms with E-state index in [-0.39, 0.29) is 6.61 Å². The number of piperazine rings is 1. The lowest BCUT2D eigenvalue weighted by Gasteiger charge is -2.37. The molecule has 0 bridgehead atoms. The Labute approximate surface area is 120 Å². The lowest BCUT2D eigenvalue weighted by molar-refractivity contribution is 0.113. The van der Waals surface area contributed by atoms with Crippen LogP contribution in [0.25, 0.3) is 0 Å². The van der Waals surface area contributed by atoms with Gasteiger partial charge in [0.25, 0.3) is 0 Å². The molecule has 1 aromatic heterocycles. The minimum atomic E-state index is 0.189. The Morgan fingerprint density at radius 3 is 3.05 bits per heavy atom. The van der Waals surface area contributed by atoms with E-state index in [0.29, 0.717) is 6.04 Å². The van der Waals surface area contributed by atoms with Gasteiger partial charge in [-0.1, -0.05) is 5.21 Å². The van der Waals surface area contributed by atoms with E-state index in [9.17, 15) is 0 Å². The van der Waals surface area contributed by atoms with Crippen LogP contribution in [0.5, 0.6) is 0 Å². The standard InChI is InChI=1S/C13H26N6O/c1-17-5-6-18(2)13(11-17)9-14-8-12-10-19(16-15-12)4-3-7-20/h10,13-14,20H,3-9,11H2,1-2H3. The Bertz CT molecular complexity index is 396. The van der Waals surface area contributed by atoms with Crippen LogP contribution in [0.2, 0.25) is 0 Å². The fraction of sp³-hybridized carbons (Fsp3) is 0.846. The third-order valence-electron chi connectivity index (χ3n) is 3.80. The van der Waals surface area contributed by atoms with Crippen molar-refractivity contribution in [1.29, 1.82) is 0 Å². The Morgan fingerprint density at radius 2 is 2.25 bits per heavy atom. The second kappa shape index (κ2) is 7.68. The monoisotopic (exact) mass is 282 g/mol. The van der Waals surface area contributed by atoms with E-state index >= 15 is 0 Å². The molecule has 1 fully saturated rings. The third-order valence-corrected chi connectivity index (χ3v) is 3.80. The minimum Gasteiger partial charge on any atom is -0.396 e. The average Bonchev–Trinajstić information content (AvgIpc) is 2.88. The molecular formula is C13H26N6O. The summed E-state index contributed by atoms with van der Waals surface area (Å²) >= 11 is 0. The Kier molecular flexibility index (Phi) is 5.90. The molecule has 20 heavy (non-hydrogen) atoms. The van der Waals surface area contributed by atoms with Gasteiger partial charge in [-0.05, 0) is 20.5 Å². The van der Waals surface area contributed by atoms with Gasteiger partial charge in [0.15, 0.2) is 0 Å². The van der Waals surface area contributed by atoms with Gasteiger partial charge in [-0.3, -0.25) is 9.58 Å². The zero-order valence-corrected chi connectivity index (χ0v) is 12.5. The van der Waals surface area contributed by atoms with Crippen molar-refractivity contribution in [1.82, 2.24) is 30.1 Å². The van der Waals surface area contributed by atoms with Gasteiger partial charge in [0, 0.05) is 58.1 Å². The van der Waals surface area contributed by atoms with Crippen molar-refractivity contribution >= 4 is 0 Å². The van der Waals surface area contributed by atoms with Crippen molar-refractivity contribution in [3.8, 4) is 0 Å². The number of hydrogen-bond acceptors (Lipinski definition) is 6. The number of aromatic nitrogens is 3. The van der Waals surface area contributed by atoms with Gasteiger partial charge in [-0.25, -0.2) is 0 Å². The molecule has 0 aromatic carbocycles. The topological polar surface area (TPSA) is 69.5 Å². The maximum atomic E-state index is 8.78. The third kappa shape index (κ3) is 4.52. The van der Waals surface area contributed by atoms with E-state index in [1.807, 2.05) is 6.20 Å². The van der Waals surface area contributed by atoms with Crippen LogP contribution in [0.3, 0.4) is 0 Å². The van der Waals surface area contributed by atoms with E-state index in [4.69, 9.17) is 5.11 Å². The highest BCUT2D eigenvalue weighted by Gasteiger charge is 2.21. The van der Waals surface area contributed by atoms with Gasteiger partial charge >= 0.3 is 0 Å². The summed E-state index contributed by atoms with van der Waals surface area (Å²) in [5, 5.41) is 20.4. The van der Waals surface area contributed by atoms with Gasteiger partial charge in [-0.15, -0.1) is 5.10 Å². The number of nitrogens with zero attached hydrogens (tertiary/aromatic N) is 5. The number of hydrogen-bond donors (Lipinski definition) is 2. The fourth-order valence-electron chi connectivity index (χ4n) is 2.45. The van der Waals surface area contributed by atoms with Gasteiger partial charge in [0.1, 0.15) is 0 Å². The van der Waals surface area contributed by atoms with Gasteiger partial charge in [-0.2, -0.15) is 0 Å². The summed E-state index contributed by atoms with van der Waals surface area (Å²) in [6, 6.07) is 0.554. The van der Waals surface area contributed by atoms with Crippen LogP contribution in [-0.4, -0.2) is 82.8 Å². The summed E-state index contributed by atoms with van der Waals surface area (Å²) in [6.45, 7) is 5.99. The summed E-state index contributed by atoms with van der Waals surface area (Å²) in [5.41, 5.74) is 0.953. The largest absolute Gasteiger partial charge is 0.396 e. The first-order chi connectivity index (χ1) is 9.69. The molecular weight excluding hydrogens is 256 g/mol. The number of aliphatic hydroxyl groups is 1. The highest BCUT2D eigenvalue weighted by molar-refractivity contribution is 4.92. The maximum absolute atomic E-state index is 8.78. The van der Waals surface area contributed by atoms with Crippen molar-refractivity contribution in [2.45, 2.75) is 25.6 Å². The molecule has 1 unspecified atom stereocenters. The molecule has 1 aliphatic rings. The lowest BCUT2D eigenvalue weighted by atomic mass is 10.2. The molecule has 2 rings (SSSR count).